The van der Waals surface area contributed by atoms with E-state index in [1.807, 2.05) is 6.92 Å². The number of hydrogen-bond donors (Lipinski definition) is 1. The van der Waals surface area contributed by atoms with Crippen LogP contribution >= 0.6 is 11.6 Å². The number of anilines is 1. The fraction of sp³-hybridized carbons (Fsp3) is 0.417. The number of benzene rings is 2. The number of piperidine rings is 1. The van der Waals surface area contributed by atoms with Gasteiger partial charge in [-0.3, -0.25) is 9.59 Å². The van der Waals surface area contributed by atoms with Crippen LogP contribution in [0.15, 0.2) is 53.4 Å². The quantitative estimate of drug-likeness (QED) is 0.675. The Morgan fingerprint density at radius 3 is 2.48 bits per heavy atom. The van der Waals surface area contributed by atoms with Crippen LogP contribution in [0.1, 0.15) is 24.8 Å². The van der Waals surface area contributed by atoms with E-state index >= 15 is 0 Å². The highest BCUT2D eigenvalue weighted by Gasteiger charge is 2.38. The van der Waals surface area contributed by atoms with Crippen molar-refractivity contribution < 1.29 is 18.0 Å². The highest BCUT2D eigenvalue weighted by Crippen LogP contribution is 2.29. The number of sulfonamides is 1. The zero-order valence-electron chi connectivity index (χ0n) is 18.5. The lowest BCUT2D eigenvalue weighted by atomic mass is 9.96. The summed E-state index contributed by atoms with van der Waals surface area (Å²) in [6.45, 7) is 3.65. The highest BCUT2D eigenvalue weighted by atomic mass is 35.5. The molecule has 0 unspecified atom stereocenters. The maximum atomic E-state index is 13.2. The molecule has 0 saturated carbocycles. The van der Waals surface area contributed by atoms with Gasteiger partial charge in [0.05, 0.1) is 10.8 Å². The van der Waals surface area contributed by atoms with Gasteiger partial charge in [-0.1, -0.05) is 29.3 Å². The third-order valence-corrected chi connectivity index (χ3v) is 8.03. The Hall–Kier alpha value is -2.42. The topological polar surface area (TPSA) is 86.8 Å². The van der Waals surface area contributed by atoms with Gasteiger partial charge >= 0.3 is 0 Å². The van der Waals surface area contributed by atoms with E-state index in [1.54, 1.807) is 58.3 Å². The second-order valence-corrected chi connectivity index (χ2v) is 11.0. The van der Waals surface area contributed by atoms with Crippen molar-refractivity contribution in [1.29, 1.82) is 0 Å². The Balaban J connectivity index is 1.34. The lowest BCUT2D eigenvalue weighted by Crippen LogP contribution is -2.46. The van der Waals surface area contributed by atoms with Crippen molar-refractivity contribution in [3.8, 4) is 0 Å². The number of carbonyl (C=O) groups excluding carboxylic acids is 2. The Kier molecular flexibility index (Phi) is 7.07. The zero-order valence-corrected chi connectivity index (χ0v) is 20.1. The van der Waals surface area contributed by atoms with Gasteiger partial charge in [-0.15, -0.1) is 0 Å². The summed E-state index contributed by atoms with van der Waals surface area (Å²) in [5.74, 6) is -0.468. The van der Waals surface area contributed by atoms with E-state index in [0.717, 1.165) is 24.1 Å². The van der Waals surface area contributed by atoms with E-state index in [0.29, 0.717) is 24.7 Å². The van der Waals surface area contributed by atoms with Crippen LogP contribution in [0.4, 0.5) is 5.69 Å². The first kappa shape index (κ1) is 23.7. The average Bonchev–Trinajstić information content (AvgIpc) is 3.20. The lowest BCUT2D eigenvalue weighted by Gasteiger charge is -2.34. The Morgan fingerprint density at radius 2 is 1.79 bits per heavy atom. The summed E-state index contributed by atoms with van der Waals surface area (Å²) < 4.78 is 27.9. The highest BCUT2D eigenvalue weighted by molar-refractivity contribution is 7.89. The van der Waals surface area contributed by atoms with E-state index in [4.69, 9.17) is 11.6 Å². The maximum absolute atomic E-state index is 13.2. The second kappa shape index (κ2) is 9.83. The van der Waals surface area contributed by atoms with Crippen LogP contribution in [0, 0.1) is 18.8 Å². The average molecular weight is 490 g/mol. The molecule has 2 aliphatic heterocycles. The van der Waals surface area contributed by atoms with Crippen molar-refractivity contribution in [3.63, 3.8) is 0 Å². The smallest absolute Gasteiger partial charge is 0.240 e. The SMILES string of the molecule is Cc1ccc(S(=O)(=O)NC[C@H]2CCCN(C(=O)[C@H]3CC(=O)N(c4ccc(Cl)cc4)C3)C2)cc1. The van der Waals surface area contributed by atoms with Gasteiger partial charge in [-0.2, -0.15) is 0 Å². The molecule has 4 rings (SSSR count). The summed E-state index contributed by atoms with van der Waals surface area (Å²) in [6, 6.07) is 13.8. The van der Waals surface area contributed by atoms with Gasteiger partial charge in [-0.05, 0) is 62.1 Å². The van der Waals surface area contributed by atoms with Gasteiger partial charge in [0, 0.05) is 43.3 Å². The molecule has 2 fully saturated rings. The lowest BCUT2D eigenvalue weighted by molar-refractivity contribution is -0.137. The molecular weight excluding hydrogens is 462 g/mol. The van der Waals surface area contributed by atoms with Crippen molar-refractivity contribution in [3.05, 3.63) is 59.1 Å². The normalized spacial score (nSPS) is 21.5. The van der Waals surface area contributed by atoms with E-state index in [9.17, 15) is 18.0 Å². The molecule has 7 nitrogen and oxygen atoms in total. The molecule has 0 radical (unpaired) electrons. The Labute approximate surface area is 199 Å². The van der Waals surface area contributed by atoms with E-state index in [-0.39, 0.29) is 35.6 Å². The molecule has 176 valence electrons. The van der Waals surface area contributed by atoms with Crippen molar-refractivity contribution >= 4 is 39.1 Å². The molecule has 2 aliphatic rings. The number of nitrogens with zero attached hydrogens (tertiary/aromatic N) is 2. The minimum absolute atomic E-state index is 0.0346. The molecular formula is C24H28ClN3O4S. The molecule has 2 aromatic rings. The van der Waals surface area contributed by atoms with Gasteiger partial charge < -0.3 is 9.80 Å². The zero-order chi connectivity index (χ0) is 23.6. The van der Waals surface area contributed by atoms with Crippen molar-refractivity contribution in [2.75, 3.05) is 31.1 Å². The summed E-state index contributed by atoms with van der Waals surface area (Å²) in [5.41, 5.74) is 1.73. The van der Waals surface area contributed by atoms with Gasteiger partial charge in [0.2, 0.25) is 21.8 Å². The number of nitrogens with one attached hydrogen (secondary N) is 1. The van der Waals surface area contributed by atoms with E-state index in [1.165, 1.54) is 0 Å². The molecule has 2 saturated heterocycles. The van der Waals surface area contributed by atoms with Crippen LogP contribution in [0.5, 0.6) is 0 Å². The summed E-state index contributed by atoms with van der Waals surface area (Å²) in [6.07, 6.45) is 1.84. The van der Waals surface area contributed by atoms with E-state index < -0.39 is 15.9 Å². The molecule has 0 bridgehead atoms. The molecule has 2 heterocycles. The summed E-state index contributed by atoms with van der Waals surface area (Å²) in [4.78, 5) is 29.4. The molecule has 2 amide bonds. The summed E-state index contributed by atoms with van der Waals surface area (Å²) in [7, 11) is -3.59. The predicted octanol–water partition coefficient (Wildman–Crippen LogP) is 3.22. The first-order valence-electron chi connectivity index (χ1n) is 11.1. The summed E-state index contributed by atoms with van der Waals surface area (Å²) in [5, 5.41) is 0.593. The van der Waals surface area contributed by atoms with Gasteiger partial charge in [0.1, 0.15) is 0 Å². The Bertz CT molecular complexity index is 1120. The van der Waals surface area contributed by atoms with Crippen LogP contribution in [-0.2, 0) is 19.6 Å². The van der Waals surface area contributed by atoms with Crippen LogP contribution in [0.2, 0.25) is 5.02 Å². The van der Waals surface area contributed by atoms with E-state index in [2.05, 4.69) is 4.72 Å². The van der Waals surface area contributed by atoms with Gasteiger partial charge in [0.25, 0.3) is 0 Å². The van der Waals surface area contributed by atoms with Gasteiger partial charge in [-0.25, -0.2) is 13.1 Å². The number of halogens is 1. The summed E-state index contributed by atoms with van der Waals surface area (Å²) >= 11 is 5.94. The fourth-order valence-corrected chi connectivity index (χ4v) is 5.70. The third kappa shape index (κ3) is 5.57. The number of likely N-dealkylation sites (tertiary alicyclic amines) is 1. The predicted molar refractivity (Wildman–Crippen MR) is 128 cm³/mol. The van der Waals surface area contributed by atoms with Crippen LogP contribution < -0.4 is 9.62 Å². The van der Waals surface area contributed by atoms with Crippen molar-refractivity contribution in [2.45, 2.75) is 31.1 Å². The number of rotatable bonds is 6. The fourth-order valence-electron chi connectivity index (χ4n) is 4.46. The number of hydrogen-bond acceptors (Lipinski definition) is 4. The van der Waals surface area contributed by atoms with Crippen molar-refractivity contribution in [2.24, 2.45) is 11.8 Å². The molecule has 0 aliphatic carbocycles. The standard InChI is InChI=1S/C24H28ClN3O4S/c1-17-4-10-22(11-5-17)33(31,32)26-14-18-3-2-12-27(15-18)24(30)19-13-23(29)28(16-19)21-8-6-20(25)7-9-21/h4-11,18-19,26H,2-3,12-16H2,1H3/t18-,19+/m1/s1. The molecule has 1 N–H and O–H groups in total. The number of aryl methyl sites for hydroxylation is 1. The minimum Gasteiger partial charge on any atom is -0.342 e. The second-order valence-electron chi connectivity index (χ2n) is 8.84. The first-order valence-corrected chi connectivity index (χ1v) is 13.0. The number of carbonyl (C=O) groups is 2. The van der Waals surface area contributed by atoms with Crippen LogP contribution in [0.25, 0.3) is 0 Å². The molecule has 0 spiro atoms. The first-order chi connectivity index (χ1) is 15.7. The third-order valence-electron chi connectivity index (χ3n) is 6.34. The van der Waals surface area contributed by atoms with Crippen LogP contribution in [0.3, 0.4) is 0 Å². The monoisotopic (exact) mass is 489 g/mol. The molecule has 2 atom stereocenters. The minimum atomic E-state index is -3.59. The molecule has 2 aromatic carbocycles. The molecule has 33 heavy (non-hydrogen) atoms. The molecule has 0 aromatic heterocycles. The molecule has 9 heteroatoms. The Morgan fingerprint density at radius 1 is 1.09 bits per heavy atom. The largest absolute Gasteiger partial charge is 0.342 e. The van der Waals surface area contributed by atoms with Crippen molar-refractivity contribution in [1.82, 2.24) is 9.62 Å². The maximum Gasteiger partial charge on any atom is 0.240 e. The van der Waals surface area contributed by atoms with Gasteiger partial charge in [0.15, 0.2) is 0 Å². The van der Waals surface area contributed by atoms with Crippen LogP contribution in [-0.4, -0.2) is 51.3 Å². The number of amides is 2.